The molecule has 7 nitrogen and oxygen atoms in total. The van der Waals surface area contributed by atoms with Crippen molar-refractivity contribution in [2.45, 2.75) is 45.4 Å². The summed E-state index contributed by atoms with van der Waals surface area (Å²) in [6.07, 6.45) is 5.29. The quantitative estimate of drug-likeness (QED) is 0.293. The summed E-state index contributed by atoms with van der Waals surface area (Å²) in [7, 11) is 0. The zero-order valence-electron chi connectivity index (χ0n) is 13.3. The normalized spacial score (nSPS) is 10.3. The van der Waals surface area contributed by atoms with Crippen LogP contribution in [0.15, 0.2) is 18.2 Å². The SMILES string of the molecule is CCCCCCCCOC(=O)N(N)C(=O)c1ccc(O)cc1O. The highest BCUT2D eigenvalue weighted by atomic mass is 16.6. The van der Waals surface area contributed by atoms with Crippen molar-refractivity contribution < 1.29 is 24.5 Å². The van der Waals surface area contributed by atoms with Crippen LogP contribution in [-0.4, -0.2) is 33.8 Å². The molecule has 2 amide bonds. The number of phenols is 2. The van der Waals surface area contributed by atoms with E-state index < -0.39 is 17.7 Å². The van der Waals surface area contributed by atoms with Crippen LogP contribution in [0.25, 0.3) is 0 Å². The van der Waals surface area contributed by atoms with E-state index >= 15 is 0 Å². The Morgan fingerprint density at radius 1 is 1.13 bits per heavy atom. The van der Waals surface area contributed by atoms with Gasteiger partial charge in [-0.2, -0.15) is 5.01 Å². The summed E-state index contributed by atoms with van der Waals surface area (Å²) in [5.74, 6) is 3.84. The number of hydrazine groups is 1. The molecule has 1 rings (SSSR count). The van der Waals surface area contributed by atoms with Gasteiger partial charge in [0.15, 0.2) is 0 Å². The first-order valence-corrected chi connectivity index (χ1v) is 7.75. The van der Waals surface area contributed by atoms with E-state index in [0.717, 1.165) is 25.3 Å². The third-order valence-corrected chi connectivity index (χ3v) is 3.35. The standard InChI is InChI=1S/C16H24N2O5/c1-2-3-4-5-6-7-10-23-16(22)18(17)15(21)13-9-8-12(19)11-14(13)20/h8-9,11,19-20H,2-7,10,17H2,1H3. The average molecular weight is 324 g/mol. The van der Waals surface area contributed by atoms with Gasteiger partial charge in [-0.3, -0.25) is 4.79 Å². The number of aromatic hydroxyl groups is 2. The number of nitrogens with two attached hydrogens (primary N) is 1. The van der Waals surface area contributed by atoms with Gasteiger partial charge in [0, 0.05) is 6.07 Å². The molecular weight excluding hydrogens is 300 g/mol. The minimum Gasteiger partial charge on any atom is -0.508 e. The highest BCUT2D eigenvalue weighted by molar-refractivity contribution is 6.04. The van der Waals surface area contributed by atoms with Crippen molar-refractivity contribution in [2.24, 2.45) is 5.84 Å². The van der Waals surface area contributed by atoms with E-state index in [0.29, 0.717) is 11.4 Å². The molecule has 128 valence electrons. The van der Waals surface area contributed by atoms with Gasteiger partial charge in [0.1, 0.15) is 11.5 Å². The summed E-state index contributed by atoms with van der Waals surface area (Å²) >= 11 is 0. The third kappa shape index (κ3) is 6.15. The first kappa shape index (κ1) is 18.8. The van der Waals surface area contributed by atoms with Crippen LogP contribution in [0.2, 0.25) is 0 Å². The lowest BCUT2D eigenvalue weighted by Gasteiger charge is -2.15. The topological polar surface area (TPSA) is 113 Å². The Labute approximate surface area is 135 Å². The number of carbonyl (C=O) groups excluding carboxylic acids is 2. The molecule has 0 fully saturated rings. The summed E-state index contributed by atoms with van der Waals surface area (Å²) in [5.41, 5.74) is -0.193. The Morgan fingerprint density at radius 3 is 2.43 bits per heavy atom. The Bertz CT molecular complexity index is 533. The van der Waals surface area contributed by atoms with Gasteiger partial charge in [-0.25, -0.2) is 10.6 Å². The first-order chi connectivity index (χ1) is 11.0. The smallest absolute Gasteiger partial charge is 0.431 e. The number of unbranched alkanes of at least 4 members (excludes halogenated alkanes) is 5. The van der Waals surface area contributed by atoms with E-state index in [4.69, 9.17) is 10.6 Å². The number of amides is 2. The lowest BCUT2D eigenvalue weighted by atomic mass is 10.1. The summed E-state index contributed by atoms with van der Waals surface area (Å²) in [6, 6.07) is 3.37. The summed E-state index contributed by atoms with van der Waals surface area (Å²) in [5, 5.41) is 19.1. The lowest BCUT2D eigenvalue weighted by Crippen LogP contribution is -2.43. The van der Waals surface area contributed by atoms with Crippen molar-refractivity contribution in [3.05, 3.63) is 23.8 Å². The highest BCUT2D eigenvalue weighted by Crippen LogP contribution is 2.23. The minimum absolute atomic E-state index is 0.188. The van der Waals surface area contributed by atoms with Gasteiger partial charge in [0.2, 0.25) is 0 Å². The van der Waals surface area contributed by atoms with Crippen molar-refractivity contribution in [2.75, 3.05) is 6.61 Å². The van der Waals surface area contributed by atoms with Crippen molar-refractivity contribution in [3.8, 4) is 11.5 Å². The molecule has 0 saturated heterocycles. The van der Waals surface area contributed by atoms with Crippen molar-refractivity contribution in [1.29, 1.82) is 0 Å². The maximum Gasteiger partial charge on any atom is 0.431 e. The molecule has 0 bridgehead atoms. The van der Waals surface area contributed by atoms with Crippen LogP contribution in [0, 0.1) is 0 Å². The second-order valence-electron chi connectivity index (χ2n) is 5.26. The number of benzene rings is 1. The number of carbonyl (C=O) groups is 2. The van der Waals surface area contributed by atoms with Crippen molar-refractivity contribution in [3.63, 3.8) is 0 Å². The van der Waals surface area contributed by atoms with Crippen molar-refractivity contribution >= 4 is 12.0 Å². The monoisotopic (exact) mass is 324 g/mol. The van der Waals surface area contributed by atoms with Gasteiger partial charge >= 0.3 is 6.09 Å². The maximum absolute atomic E-state index is 12.0. The van der Waals surface area contributed by atoms with E-state index in [1.807, 2.05) is 0 Å². The average Bonchev–Trinajstić information content (AvgIpc) is 2.52. The predicted molar refractivity (Wildman–Crippen MR) is 84.9 cm³/mol. The van der Waals surface area contributed by atoms with Crippen LogP contribution >= 0.6 is 0 Å². The number of phenolic OH excluding ortho intramolecular Hbond substituents is 2. The molecule has 4 N–H and O–H groups in total. The molecule has 0 aliphatic rings. The summed E-state index contributed by atoms with van der Waals surface area (Å²) in [6.45, 7) is 2.33. The molecule has 0 aliphatic heterocycles. The fourth-order valence-electron chi connectivity index (χ4n) is 2.02. The zero-order valence-corrected chi connectivity index (χ0v) is 13.3. The Balaban J connectivity index is 2.39. The van der Waals surface area contributed by atoms with E-state index in [1.54, 1.807) is 0 Å². The number of nitrogens with zero attached hydrogens (tertiary/aromatic N) is 1. The molecule has 0 radical (unpaired) electrons. The van der Waals surface area contributed by atoms with Crippen LogP contribution in [0.3, 0.4) is 0 Å². The van der Waals surface area contributed by atoms with Crippen LogP contribution < -0.4 is 5.84 Å². The number of hydrogen-bond donors (Lipinski definition) is 3. The number of hydrogen-bond acceptors (Lipinski definition) is 6. The molecule has 1 aromatic rings. The molecule has 23 heavy (non-hydrogen) atoms. The largest absolute Gasteiger partial charge is 0.508 e. The van der Waals surface area contributed by atoms with Gasteiger partial charge < -0.3 is 14.9 Å². The number of imide groups is 1. The number of rotatable bonds is 8. The summed E-state index contributed by atoms with van der Waals surface area (Å²) < 4.78 is 4.93. The first-order valence-electron chi connectivity index (χ1n) is 7.75. The molecule has 7 heteroatoms. The van der Waals surface area contributed by atoms with E-state index in [-0.39, 0.29) is 17.9 Å². The zero-order chi connectivity index (χ0) is 17.2. The Morgan fingerprint density at radius 2 is 1.78 bits per heavy atom. The third-order valence-electron chi connectivity index (χ3n) is 3.35. The fraction of sp³-hybridized carbons (Fsp3) is 0.500. The van der Waals surface area contributed by atoms with E-state index in [1.165, 1.54) is 25.0 Å². The number of ether oxygens (including phenoxy) is 1. The van der Waals surface area contributed by atoms with Crippen LogP contribution in [0.1, 0.15) is 55.8 Å². The molecule has 0 aliphatic carbocycles. The highest BCUT2D eigenvalue weighted by Gasteiger charge is 2.23. The second kappa shape index (κ2) is 9.68. The predicted octanol–water partition coefficient (Wildman–Crippen LogP) is 2.91. The van der Waals surface area contributed by atoms with Gasteiger partial charge in [-0.15, -0.1) is 0 Å². The molecule has 0 heterocycles. The molecule has 0 atom stereocenters. The molecule has 1 aromatic carbocycles. The van der Waals surface area contributed by atoms with E-state index in [2.05, 4.69) is 6.92 Å². The van der Waals surface area contributed by atoms with Gasteiger partial charge in [0.25, 0.3) is 5.91 Å². The van der Waals surface area contributed by atoms with Crippen LogP contribution in [-0.2, 0) is 4.74 Å². The van der Waals surface area contributed by atoms with Crippen LogP contribution in [0.5, 0.6) is 11.5 Å². The maximum atomic E-state index is 12.0. The minimum atomic E-state index is -0.976. The fourth-order valence-corrected chi connectivity index (χ4v) is 2.02. The van der Waals surface area contributed by atoms with Gasteiger partial charge in [-0.1, -0.05) is 39.0 Å². The van der Waals surface area contributed by atoms with Gasteiger partial charge in [0.05, 0.1) is 12.2 Å². The van der Waals surface area contributed by atoms with Gasteiger partial charge in [-0.05, 0) is 18.6 Å². The molecule has 0 aromatic heterocycles. The molecule has 0 spiro atoms. The Hall–Kier alpha value is -2.28. The van der Waals surface area contributed by atoms with Crippen LogP contribution in [0.4, 0.5) is 4.79 Å². The lowest BCUT2D eigenvalue weighted by molar-refractivity contribution is 0.0653. The molecule has 0 unspecified atom stereocenters. The molecular formula is C16H24N2O5. The van der Waals surface area contributed by atoms with E-state index in [9.17, 15) is 19.8 Å². The second-order valence-corrected chi connectivity index (χ2v) is 5.26. The summed E-state index contributed by atoms with van der Waals surface area (Å²) in [4.78, 5) is 23.7. The van der Waals surface area contributed by atoms with Crippen molar-refractivity contribution in [1.82, 2.24) is 5.01 Å². The molecule has 0 saturated carbocycles. The Kier molecular flexibility index (Phi) is 7.90.